The predicted molar refractivity (Wildman–Crippen MR) is 91.4 cm³/mol. The Bertz CT molecular complexity index is 498. The molecule has 0 radical (unpaired) electrons. The van der Waals surface area contributed by atoms with Gasteiger partial charge in [0.05, 0.1) is 12.6 Å². The van der Waals surface area contributed by atoms with Crippen molar-refractivity contribution in [2.75, 3.05) is 13.2 Å². The van der Waals surface area contributed by atoms with E-state index < -0.39 is 35.4 Å². The molecule has 0 saturated carbocycles. The molecule has 0 aromatic heterocycles. The van der Waals surface area contributed by atoms with Gasteiger partial charge in [-0.3, -0.25) is 9.59 Å². The van der Waals surface area contributed by atoms with Crippen molar-refractivity contribution in [3.05, 3.63) is 11.9 Å². The van der Waals surface area contributed by atoms with Gasteiger partial charge >= 0.3 is 12.1 Å². The molecule has 2 N–H and O–H groups in total. The summed E-state index contributed by atoms with van der Waals surface area (Å²) in [7, 11) is 0. The van der Waals surface area contributed by atoms with E-state index in [-0.39, 0.29) is 25.5 Å². The SMILES string of the molecule is CCOC(=O)CNC(=O)C/C=C(\F)C(NC(=O)OC(C)(C)C)C(C)C. The molecular weight excluding hydrogens is 331 g/mol. The number of carbonyl (C=O) groups is 3. The van der Waals surface area contributed by atoms with Crippen LogP contribution in [-0.4, -0.2) is 42.8 Å². The van der Waals surface area contributed by atoms with E-state index >= 15 is 0 Å². The van der Waals surface area contributed by atoms with Gasteiger partial charge in [-0.2, -0.15) is 0 Å². The number of hydrogen-bond acceptors (Lipinski definition) is 5. The van der Waals surface area contributed by atoms with Crippen LogP contribution in [0.5, 0.6) is 0 Å². The lowest BCUT2D eigenvalue weighted by atomic mass is 10.0. The smallest absolute Gasteiger partial charge is 0.408 e. The molecule has 0 aliphatic rings. The Labute approximate surface area is 148 Å². The molecule has 0 fully saturated rings. The van der Waals surface area contributed by atoms with Gasteiger partial charge in [-0.05, 0) is 39.7 Å². The number of alkyl carbamates (subject to hydrolysis) is 1. The second-order valence-electron chi connectivity index (χ2n) is 6.74. The maximum absolute atomic E-state index is 14.3. The summed E-state index contributed by atoms with van der Waals surface area (Å²) >= 11 is 0. The van der Waals surface area contributed by atoms with Crippen LogP contribution in [0.25, 0.3) is 0 Å². The van der Waals surface area contributed by atoms with Gasteiger partial charge in [0.1, 0.15) is 18.0 Å². The van der Waals surface area contributed by atoms with Gasteiger partial charge in [0.2, 0.25) is 5.91 Å². The summed E-state index contributed by atoms with van der Waals surface area (Å²) in [5.41, 5.74) is -0.696. The van der Waals surface area contributed by atoms with E-state index in [1.165, 1.54) is 0 Å². The highest BCUT2D eigenvalue weighted by atomic mass is 19.1. The van der Waals surface area contributed by atoms with Gasteiger partial charge in [0, 0.05) is 6.42 Å². The highest BCUT2D eigenvalue weighted by molar-refractivity contribution is 5.82. The van der Waals surface area contributed by atoms with Crippen molar-refractivity contribution in [3.8, 4) is 0 Å². The average molecular weight is 360 g/mol. The Balaban J connectivity index is 4.63. The lowest BCUT2D eigenvalue weighted by molar-refractivity contribution is -0.143. The molecule has 7 nitrogen and oxygen atoms in total. The van der Waals surface area contributed by atoms with Crippen molar-refractivity contribution in [1.82, 2.24) is 10.6 Å². The standard InChI is InChI=1S/C17H29FN2O5/c1-7-24-14(22)10-19-13(21)9-8-12(18)15(11(2)3)20-16(23)25-17(4,5)6/h8,11,15H,7,9-10H2,1-6H3,(H,19,21)(H,20,23)/b12-8-. The maximum Gasteiger partial charge on any atom is 0.408 e. The molecular formula is C17H29FN2O5. The monoisotopic (exact) mass is 360 g/mol. The first kappa shape index (κ1) is 22.9. The topological polar surface area (TPSA) is 93.7 Å². The Morgan fingerprint density at radius 3 is 2.28 bits per heavy atom. The van der Waals surface area contributed by atoms with E-state index in [2.05, 4.69) is 15.4 Å². The third kappa shape index (κ3) is 11.1. The van der Waals surface area contributed by atoms with Crippen molar-refractivity contribution in [2.24, 2.45) is 5.92 Å². The van der Waals surface area contributed by atoms with E-state index in [1.54, 1.807) is 41.5 Å². The van der Waals surface area contributed by atoms with Crippen LogP contribution in [0.4, 0.5) is 9.18 Å². The van der Waals surface area contributed by atoms with Gasteiger partial charge in [0.15, 0.2) is 0 Å². The summed E-state index contributed by atoms with van der Waals surface area (Å²) in [6.07, 6.45) is 0.0778. The van der Waals surface area contributed by atoms with Gasteiger partial charge < -0.3 is 20.1 Å². The Morgan fingerprint density at radius 1 is 1.20 bits per heavy atom. The highest BCUT2D eigenvalue weighted by Crippen LogP contribution is 2.16. The molecule has 0 aliphatic carbocycles. The van der Waals surface area contributed by atoms with Crippen molar-refractivity contribution in [2.45, 2.75) is 59.6 Å². The molecule has 0 aromatic rings. The number of esters is 1. The Hall–Kier alpha value is -2.12. The van der Waals surface area contributed by atoms with Crippen molar-refractivity contribution in [3.63, 3.8) is 0 Å². The van der Waals surface area contributed by atoms with E-state index in [1.807, 2.05) is 0 Å². The molecule has 144 valence electrons. The van der Waals surface area contributed by atoms with Crippen LogP contribution in [-0.2, 0) is 19.1 Å². The number of amides is 2. The number of hydrogen-bond donors (Lipinski definition) is 2. The number of nitrogens with one attached hydrogen (secondary N) is 2. The van der Waals surface area contributed by atoms with Gasteiger partial charge in [-0.15, -0.1) is 0 Å². The second kappa shape index (κ2) is 10.7. The number of halogens is 1. The summed E-state index contributed by atoms with van der Waals surface area (Å²) in [6.45, 7) is 10.2. The molecule has 0 spiro atoms. The fraction of sp³-hybridized carbons (Fsp3) is 0.706. The highest BCUT2D eigenvalue weighted by Gasteiger charge is 2.24. The third-order valence-electron chi connectivity index (χ3n) is 2.85. The fourth-order valence-corrected chi connectivity index (χ4v) is 1.76. The van der Waals surface area contributed by atoms with Crippen molar-refractivity contribution < 1.29 is 28.2 Å². The molecule has 1 atom stereocenters. The van der Waals surface area contributed by atoms with Crippen LogP contribution in [0, 0.1) is 5.92 Å². The number of rotatable bonds is 8. The average Bonchev–Trinajstić information content (AvgIpc) is 2.46. The molecule has 0 rings (SSSR count). The van der Waals surface area contributed by atoms with Gasteiger partial charge in [-0.1, -0.05) is 13.8 Å². The van der Waals surface area contributed by atoms with E-state index in [4.69, 9.17) is 4.74 Å². The quantitative estimate of drug-likeness (QED) is 0.649. The molecule has 8 heteroatoms. The summed E-state index contributed by atoms with van der Waals surface area (Å²) < 4.78 is 24.1. The van der Waals surface area contributed by atoms with Crippen LogP contribution in [0.2, 0.25) is 0 Å². The van der Waals surface area contributed by atoms with E-state index in [9.17, 15) is 18.8 Å². The molecule has 0 aromatic carbocycles. The molecule has 0 heterocycles. The Kier molecular flexibility index (Phi) is 9.78. The van der Waals surface area contributed by atoms with Crippen molar-refractivity contribution >= 4 is 18.0 Å². The normalized spacial score (nSPS) is 13.2. The summed E-state index contributed by atoms with van der Waals surface area (Å²) in [4.78, 5) is 34.5. The zero-order chi connectivity index (χ0) is 19.6. The zero-order valence-electron chi connectivity index (χ0n) is 15.8. The van der Waals surface area contributed by atoms with Crippen LogP contribution < -0.4 is 10.6 Å². The number of ether oxygens (including phenoxy) is 2. The first-order valence-electron chi connectivity index (χ1n) is 8.23. The second-order valence-corrected chi connectivity index (χ2v) is 6.74. The third-order valence-corrected chi connectivity index (χ3v) is 2.85. The predicted octanol–water partition coefficient (Wildman–Crippen LogP) is 2.46. The zero-order valence-corrected chi connectivity index (χ0v) is 15.8. The molecule has 0 aliphatic heterocycles. The van der Waals surface area contributed by atoms with Gasteiger partial charge in [-0.25, -0.2) is 9.18 Å². The Morgan fingerprint density at radius 2 is 1.80 bits per heavy atom. The maximum atomic E-state index is 14.3. The molecule has 2 amide bonds. The van der Waals surface area contributed by atoms with Crippen LogP contribution in [0.3, 0.4) is 0 Å². The summed E-state index contributed by atoms with van der Waals surface area (Å²) in [5.74, 6) is -1.98. The number of carbonyl (C=O) groups excluding carboxylic acids is 3. The van der Waals surface area contributed by atoms with Gasteiger partial charge in [0.25, 0.3) is 0 Å². The summed E-state index contributed by atoms with van der Waals surface area (Å²) in [5, 5.41) is 4.78. The van der Waals surface area contributed by atoms with Crippen LogP contribution in [0.1, 0.15) is 48.0 Å². The van der Waals surface area contributed by atoms with Crippen LogP contribution in [0.15, 0.2) is 11.9 Å². The summed E-state index contributed by atoms with van der Waals surface area (Å²) in [6, 6.07) is -0.910. The minimum Gasteiger partial charge on any atom is -0.465 e. The fourth-order valence-electron chi connectivity index (χ4n) is 1.76. The minimum absolute atomic E-state index is 0.218. The van der Waals surface area contributed by atoms with E-state index in [0.29, 0.717) is 0 Å². The molecule has 0 bridgehead atoms. The largest absolute Gasteiger partial charge is 0.465 e. The molecule has 25 heavy (non-hydrogen) atoms. The molecule has 1 unspecified atom stereocenters. The molecule has 0 saturated heterocycles. The van der Waals surface area contributed by atoms with Crippen molar-refractivity contribution in [1.29, 1.82) is 0 Å². The lowest BCUT2D eigenvalue weighted by Gasteiger charge is -2.25. The lowest BCUT2D eigenvalue weighted by Crippen LogP contribution is -2.42. The first-order valence-corrected chi connectivity index (χ1v) is 8.23. The minimum atomic E-state index is -0.910. The van der Waals surface area contributed by atoms with E-state index in [0.717, 1.165) is 6.08 Å². The van der Waals surface area contributed by atoms with Crippen LogP contribution >= 0.6 is 0 Å². The first-order chi connectivity index (χ1) is 11.5.